The third-order valence-corrected chi connectivity index (χ3v) is 7.00. The summed E-state index contributed by atoms with van der Waals surface area (Å²) in [5, 5.41) is 2.87. The molecule has 0 fully saturated rings. The highest BCUT2D eigenvalue weighted by Gasteiger charge is 2.32. The van der Waals surface area contributed by atoms with Crippen LogP contribution >= 0.6 is 0 Å². The van der Waals surface area contributed by atoms with Gasteiger partial charge in [-0.05, 0) is 44.5 Å². The third-order valence-electron chi connectivity index (χ3n) is 5.25. The topological polar surface area (TPSA) is 103 Å². The Bertz CT molecular complexity index is 1080. The molecule has 0 radical (unpaired) electrons. The summed E-state index contributed by atoms with van der Waals surface area (Å²) in [5.74, 6) is 0.836. The molecule has 1 amide bonds. The summed E-state index contributed by atoms with van der Waals surface area (Å²) in [6, 6.07) is 8.97. The maximum atomic E-state index is 13.8. The predicted octanol–water partition coefficient (Wildman–Crippen LogP) is 3.22. The molecule has 0 bridgehead atoms. The Labute approximate surface area is 195 Å². The summed E-state index contributed by atoms with van der Waals surface area (Å²) in [7, 11) is 1.54. The first-order chi connectivity index (χ1) is 15.5. The van der Waals surface area contributed by atoms with Crippen molar-refractivity contribution in [1.29, 1.82) is 0 Å². The average molecular weight is 481 g/mol. The molecule has 10 heteroatoms. The molecule has 0 aliphatic rings. The van der Waals surface area contributed by atoms with Crippen molar-refractivity contribution in [2.75, 3.05) is 39.3 Å². The van der Waals surface area contributed by atoms with E-state index in [0.29, 0.717) is 17.9 Å². The fraction of sp³-hybridized carbons (Fsp3) is 0.435. The summed E-state index contributed by atoms with van der Waals surface area (Å²) in [6.45, 7) is 5.20. The van der Waals surface area contributed by atoms with Crippen LogP contribution in [-0.4, -0.2) is 54.8 Å². The number of nitrogens with zero attached hydrogens (tertiary/aromatic N) is 1. The number of ether oxygens (including phenoxy) is 4. The van der Waals surface area contributed by atoms with Gasteiger partial charge in [0.05, 0.1) is 39.0 Å². The summed E-state index contributed by atoms with van der Waals surface area (Å²) in [5.41, 5.74) is -0.343. The van der Waals surface area contributed by atoms with E-state index in [1.54, 1.807) is 12.1 Å². The summed E-state index contributed by atoms with van der Waals surface area (Å²) < 4.78 is 49.7. The molecule has 2 aromatic carbocycles. The summed E-state index contributed by atoms with van der Waals surface area (Å²) >= 11 is 0. The van der Waals surface area contributed by atoms with Gasteiger partial charge in [-0.25, -0.2) is 8.42 Å². The Morgan fingerprint density at radius 1 is 0.909 bits per heavy atom. The summed E-state index contributed by atoms with van der Waals surface area (Å²) in [6.07, 6.45) is 0.670. The van der Waals surface area contributed by atoms with E-state index in [1.165, 1.54) is 52.7 Å². The number of rotatable bonds is 11. The number of methoxy groups -OCH3 is 4. The van der Waals surface area contributed by atoms with E-state index >= 15 is 0 Å². The van der Waals surface area contributed by atoms with E-state index in [9.17, 15) is 13.2 Å². The number of hydrogen-bond acceptors (Lipinski definition) is 7. The lowest BCUT2D eigenvalue weighted by molar-refractivity contribution is -0.121. The number of benzene rings is 2. The highest BCUT2D eigenvalue weighted by atomic mass is 32.2. The largest absolute Gasteiger partial charge is 0.497 e. The molecule has 0 saturated carbocycles. The van der Waals surface area contributed by atoms with Gasteiger partial charge < -0.3 is 24.3 Å². The molecule has 2 aromatic rings. The average Bonchev–Trinajstić information content (AvgIpc) is 2.81. The molecule has 0 aliphatic heterocycles. The Balaban J connectivity index is 2.65. The fourth-order valence-corrected chi connectivity index (χ4v) is 4.47. The molecular weight excluding hydrogens is 448 g/mol. The maximum Gasteiger partial charge on any atom is 0.265 e. The highest BCUT2D eigenvalue weighted by molar-refractivity contribution is 7.92. The van der Waals surface area contributed by atoms with Gasteiger partial charge in [0.1, 0.15) is 18.0 Å². The molecule has 0 unspecified atom stereocenters. The van der Waals surface area contributed by atoms with E-state index in [4.69, 9.17) is 18.9 Å². The minimum Gasteiger partial charge on any atom is -0.497 e. The zero-order chi connectivity index (χ0) is 24.8. The van der Waals surface area contributed by atoms with E-state index in [1.807, 2.05) is 20.8 Å². The van der Waals surface area contributed by atoms with Gasteiger partial charge in [-0.2, -0.15) is 0 Å². The lowest BCUT2D eigenvalue weighted by Crippen LogP contribution is -2.48. The molecule has 1 N–H and O–H groups in total. The number of carbonyl (C=O) groups excluding carboxylic acids is 1. The lowest BCUT2D eigenvalue weighted by Gasteiger charge is -2.29. The van der Waals surface area contributed by atoms with Gasteiger partial charge in [-0.15, -0.1) is 0 Å². The standard InChI is InChI=1S/C23H32N2O7S/c1-8-23(2,3)24-22(26)15-25(18-13-16(29-4)9-11-19(18)30-5)33(27,28)17-10-12-20(31-6)21(14-17)32-7/h9-14H,8,15H2,1-7H3,(H,24,26). The van der Waals surface area contributed by atoms with Crippen molar-refractivity contribution in [3.63, 3.8) is 0 Å². The van der Waals surface area contributed by atoms with Crippen LogP contribution in [0.15, 0.2) is 41.3 Å². The molecule has 0 spiro atoms. The monoisotopic (exact) mass is 480 g/mol. The van der Waals surface area contributed by atoms with Crippen molar-refractivity contribution in [2.45, 2.75) is 37.6 Å². The van der Waals surface area contributed by atoms with E-state index in [0.717, 1.165) is 4.31 Å². The van der Waals surface area contributed by atoms with E-state index < -0.39 is 28.0 Å². The van der Waals surface area contributed by atoms with Crippen molar-refractivity contribution in [2.24, 2.45) is 0 Å². The van der Waals surface area contributed by atoms with Crippen LogP contribution < -0.4 is 28.6 Å². The molecule has 0 aliphatic carbocycles. The van der Waals surface area contributed by atoms with Crippen LogP contribution in [0, 0.1) is 0 Å². The van der Waals surface area contributed by atoms with Crippen molar-refractivity contribution < 1.29 is 32.2 Å². The minimum atomic E-state index is -4.23. The van der Waals surface area contributed by atoms with Crippen LogP contribution in [0.4, 0.5) is 5.69 Å². The second kappa shape index (κ2) is 10.7. The van der Waals surface area contributed by atoms with Gasteiger partial charge in [-0.3, -0.25) is 9.10 Å². The maximum absolute atomic E-state index is 13.8. The van der Waals surface area contributed by atoms with Crippen LogP contribution in [0.25, 0.3) is 0 Å². The second-order valence-corrected chi connectivity index (χ2v) is 9.71. The minimum absolute atomic E-state index is 0.0763. The highest BCUT2D eigenvalue weighted by Crippen LogP contribution is 2.37. The zero-order valence-corrected chi connectivity index (χ0v) is 20.9. The van der Waals surface area contributed by atoms with Gasteiger partial charge in [0, 0.05) is 17.7 Å². The van der Waals surface area contributed by atoms with Crippen LogP contribution in [-0.2, 0) is 14.8 Å². The first-order valence-electron chi connectivity index (χ1n) is 10.3. The third kappa shape index (κ3) is 6.01. The van der Waals surface area contributed by atoms with Gasteiger partial charge in [0.15, 0.2) is 11.5 Å². The van der Waals surface area contributed by atoms with E-state index in [-0.39, 0.29) is 22.1 Å². The Kier molecular flexibility index (Phi) is 8.43. The van der Waals surface area contributed by atoms with Gasteiger partial charge >= 0.3 is 0 Å². The predicted molar refractivity (Wildman–Crippen MR) is 126 cm³/mol. The quantitative estimate of drug-likeness (QED) is 0.527. The van der Waals surface area contributed by atoms with Crippen molar-refractivity contribution in [3.05, 3.63) is 36.4 Å². The van der Waals surface area contributed by atoms with Gasteiger partial charge in [-0.1, -0.05) is 6.92 Å². The van der Waals surface area contributed by atoms with Crippen molar-refractivity contribution >= 4 is 21.6 Å². The number of carbonyl (C=O) groups is 1. The molecule has 0 saturated heterocycles. The molecule has 0 aromatic heterocycles. The van der Waals surface area contributed by atoms with Crippen molar-refractivity contribution in [1.82, 2.24) is 5.32 Å². The number of hydrogen-bond donors (Lipinski definition) is 1. The fourth-order valence-electron chi connectivity index (χ4n) is 3.03. The number of anilines is 1. The molecule has 2 rings (SSSR count). The number of sulfonamides is 1. The molecule has 33 heavy (non-hydrogen) atoms. The normalized spacial score (nSPS) is 11.5. The van der Waals surface area contributed by atoms with Gasteiger partial charge in [0.25, 0.3) is 10.0 Å². The SMILES string of the molecule is CCC(C)(C)NC(=O)CN(c1cc(OC)ccc1OC)S(=O)(=O)c1ccc(OC)c(OC)c1. The van der Waals surface area contributed by atoms with Crippen LogP contribution in [0.1, 0.15) is 27.2 Å². The van der Waals surface area contributed by atoms with Crippen LogP contribution in [0.3, 0.4) is 0 Å². The second-order valence-electron chi connectivity index (χ2n) is 7.85. The van der Waals surface area contributed by atoms with Crippen molar-refractivity contribution in [3.8, 4) is 23.0 Å². The molecule has 182 valence electrons. The smallest absolute Gasteiger partial charge is 0.265 e. The first-order valence-corrected chi connectivity index (χ1v) is 11.7. The Hall–Kier alpha value is -3.14. The van der Waals surface area contributed by atoms with Crippen LogP contribution in [0.2, 0.25) is 0 Å². The lowest BCUT2D eigenvalue weighted by atomic mass is 10.0. The summed E-state index contributed by atoms with van der Waals surface area (Å²) in [4.78, 5) is 12.8. The van der Waals surface area contributed by atoms with Gasteiger partial charge in [0.2, 0.25) is 5.91 Å². The Morgan fingerprint density at radius 2 is 1.52 bits per heavy atom. The number of nitrogens with one attached hydrogen (secondary N) is 1. The number of amides is 1. The molecule has 0 heterocycles. The Morgan fingerprint density at radius 3 is 2.06 bits per heavy atom. The molecular formula is C23H32N2O7S. The molecule has 9 nitrogen and oxygen atoms in total. The van der Waals surface area contributed by atoms with Crippen LogP contribution in [0.5, 0.6) is 23.0 Å². The first kappa shape index (κ1) is 26.1. The zero-order valence-electron chi connectivity index (χ0n) is 20.1. The molecule has 0 atom stereocenters. The van der Waals surface area contributed by atoms with E-state index in [2.05, 4.69) is 5.32 Å².